The number of halogens is 1. The van der Waals surface area contributed by atoms with Crippen molar-refractivity contribution >= 4 is 22.6 Å². The summed E-state index contributed by atoms with van der Waals surface area (Å²) in [4.78, 5) is 0. The fraction of sp³-hybridized carbons (Fsp3) is 0.625. The standard InChI is InChI=1S/C16H21IO2/c17-14-6-2-1-5-13(14)15(18)12-7-10-19-16(11-12)8-3-4-9-16/h1-2,5-6,12,15,18H,3-4,7-11H2. The minimum absolute atomic E-state index is 0.0874. The lowest BCUT2D eigenvalue weighted by Crippen LogP contribution is -2.39. The molecular weight excluding hydrogens is 351 g/mol. The first-order chi connectivity index (χ1) is 9.20. The number of ether oxygens (including phenoxy) is 1. The molecule has 1 aromatic carbocycles. The lowest BCUT2D eigenvalue weighted by Gasteiger charge is -2.40. The van der Waals surface area contributed by atoms with E-state index in [0.29, 0.717) is 5.92 Å². The van der Waals surface area contributed by atoms with Crippen molar-refractivity contribution in [1.29, 1.82) is 0 Å². The normalized spacial score (nSPS) is 27.6. The van der Waals surface area contributed by atoms with Crippen LogP contribution < -0.4 is 0 Å². The van der Waals surface area contributed by atoms with Crippen LogP contribution >= 0.6 is 22.6 Å². The smallest absolute Gasteiger partial charge is 0.0830 e. The third kappa shape index (κ3) is 2.83. The van der Waals surface area contributed by atoms with Gasteiger partial charge in [0.1, 0.15) is 0 Å². The van der Waals surface area contributed by atoms with Crippen LogP contribution in [0.15, 0.2) is 24.3 Å². The second-order valence-electron chi connectivity index (χ2n) is 5.96. The Balaban J connectivity index is 1.76. The Morgan fingerprint density at radius 2 is 2.00 bits per heavy atom. The molecule has 1 saturated carbocycles. The highest BCUT2D eigenvalue weighted by atomic mass is 127. The van der Waals surface area contributed by atoms with Gasteiger partial charge in [0.25, 0.3) is 0 Å². The molecule has 1 saturated heterocycles. The van der Waals surface area contributed by atoms with E-state index in [1.54, 1.807) is 0 Å². The molecule has 1 aromatic rings. The topological polar surface area (TPSA) is 29.5 Å². The van der Waals surface area contributed by atoms with Gasteiger partial charge in [0, 0.05) is 10.2 Å². The van der Waals surface area contributed by atoms with E-state index < -0.39 is 0 Å². The van der Waals surface area contributed by atoms with Crippen molar-refractivity contribution < 1.29 is 9.84 Å². The molecular formula is C16H21IO2. The predicted octanol–water partition coefficient (Wildman–Crippen LogP) is 4.06. The van der Waals surface area contributed by atoms with Crippen LogP contribution in [0.1, 0.15) is 50.2 Å². The lowest BCUT2D eigenvalue weighted by molar-refractivity contribution is -0.113. The summed E-state index contributed by atoms with van der Waals surface area (Å²) < 4.78 is 7.23. The van der Waals surface area contributed by atoms with Crippen LogP contribution in [0, 0.1) is 9.49 Å². The molecule has 2 aliphatic rings. The third-order valence-electron chi connectivity index (χ3n) is 4.72. The molecule has 1 aliphatic carbocycles. The molecule has 104 valence electrons. The average molecular weight is 372 g/mol. The number of aliphatic hydroxyl groups is 1. The Hall–Kier alpha value is -0.130. The Bertz CT molecular complexity index is 440. The number of hydrogen-bond donors (Lipinski definition) is 1. The Morgan fingerprint density at radius 1 is 1.26 bits per heavy atom. The maximum absolute atomic E-state index is 10.7. The first kappa shape index (κ1) is 13.8. The van der Waals surface area contributed by atoms with Crippen molar-refractivity contribution in [2.24, 2.45) is 5.92 Å². The summed E-state index contributed by atoms with van der Waals surface area (Å²) in [6.45, 7) is 0.811. The van der Waals surface area contributed by atoms with Gasteiger partial charge in [-0.25, -0.2) is 0 Å². The summed E-state index contributed by atoms with van der Waals surface area (Å²) >= 11 is 2.32. The molecule has 3 rings (SSSR count). The number of rotatable bonds is 2. The van der Waals surface area contributed by atoms with Gasteiger partial charge in [0.05, 0.1) is 11.7 Å². The zero-order valence-electron chi connectivity index (χ0n) is 11.1. The zero-order valence-corrected chi connectivity index (χ0v) is 13.3. The molecule has 0 bridgehead atoms. The number of aliphatic hydroxyl groups excluding tert-OH is 1. The van der Waals surface area contributed by atoms with Crippen molar-refractivity contribution in [2.45, 2.75) is 50.2 Å². The van der Waals surface area contributed by atoms with E-state index in [-0.39, 0.29) is 11.7 Å². The van der Waals surface area contributed by atoms with Crippen LogP contribution in [-0.2, 0) is 4.74 Å². The van der Waals surface area contributed by atoms with Crippen LogP contribution in [0.5, 0.6) is 0 Å². The summed E-state index contributed by atoms with van der Waals surface area (Å²) in [6, 6.07) is 8.18. The SMILES string of the molecule is OC(c1ccccc1I)C1CCOC2(CCCC2)C1. The Morgan fingerprint density at radius 3 is 2.74 bits per heavy atom. The van der Waals surface area contributed by atoms with Gasteiger partial charge < -0.3 is 9.84 Å². The van der Waals surface area contributed by atoms with Crippen molar-refractivity contribution in [1.82, 2.24) is 0 Å². The minimum atomic E-state index is -0.338. The summed E-state index contributed by atoms with van der Waals surface area (Å²) in [7, 11) is 0. The maximum atomic E-state index is 10.7. The van der Waals surface area contributed by atoms with E-state index in [0.717, 1.165) is 25.0 Å². The molecule has 1 spiro atoms. The van der Waals surface area contributed by atoms with Crippen LogP contribution in [0.3, 0.4) is 0 Å². The van der Waals surface area contributed by atoms with E-state index in [1.807, 2.05) is 12.1 Å². The largest absolute Gasteiger partial charge is 0.388 e. The first-order valence-electron chi connectivity index (χ1n) is 7.27. The monoisotopic (exact) mass is 372 g/mol. The fourth-order valence-electron chi connectivity index (χ4n) is 3.67. The summed E-state index contributed by atoms with van der Waals surface area (Å²) in [5.74, 6) is 0.350. The van der Waals surface area contributed by atoms with E-state index in [9.17, 15) is 5.11 Å². The number of hydrogen-bond acceptors (Lipinski definition) is 2. The molecule has 1 aliphatic heterocycles. The van der Waals surface area contributed by atoms with Crippen molar-refractivity contribution in [3.8, 4) is 0 Å². The van der Waals surface area contributed by atoms with Crippen LogP contribution in [0.25, 0.3) is 0 Å². The van der Waals surface area contributed by atoms with Crippen molar-refractivity contribution in [2.75, 3.05) is 6.61 Å². The molecule has 0 radical (unpaired) electrons. The highest BCUT2D eigenvalue weighted by Gasteiger charge is 2.42. The highest BCUT2D eigenvalue weighted by Crippen LogP contribution is 2.45. The molecule has 0 aromatic heterocycles. The maximum Gasteiger partial charge on any atom is 0.0830 e. The molecule has 19 heavy (non-hydrogen) atoms. The average Bonchev–Trinajstić information content (AvgIpc) is 2.86. The molecule has 2 unspecified atom stereocenters. The second kappa shape index (κ2) is 5.70. The Kier molecular flexibility index (Phi) is 4.15. The van der Waals surface area contributed by atoms with Gasteiger partial charge in [-0.2, -0.15) is 0 Å². The molecule has 1 heterocycles. The van der Waals surface area contributed by atoms with Gasteiger partial charge in [-0.15, -0.1) is 0 Å². The quantitative estimate of drug-likeness (QED) is 0.794. The van der Waals surface area contributed by atoms with E-state index in [2.05, 4.69) is 34.7 Å². The van der Waals surface area contributed by atoms with Crippen LogP contribution in [0.4, 0.5) is 0 Å². The summed E-state index contributed by atoms with van der Waals surface area (Å²) in [5.41, 5.74) is 1.17. The van der Waals surface area contributed by atoms with Crippen molar-refractivity contribution in [3.05, 3.63) is 33.4 Å². The predicted molar refractivity (Wildman–Crippen MR) is 84.0 cm³/mol. The van der Waals surface area contributed by atoms with Gasteiger partial charge in [-0.1, -0.05) is 31.0 Å². The number of benzene rings is 1. The van der Waals surface area contributed by atoms with Crippen LogP contribution in [0.2, 0.25) is 0 Å². The minimum Gasteiger partial charge on any atom is -0.388 e. The van der Waals surface area contributed by atoms with Gasteiger partial charge >= 0.3 is 0 Å². The Labute approximate surface area is 128 Å². The van der Waals surface area contributed by atoms with Gasteiger partial charge in [0.15, 0.2) is 0 Å². The van der Waals surface area contributed by atoms with E-state index in [1.165, 1.54) is 29.3 Å². The molecule has 1 N–H and O–H groups in total. The third-order valence-corrected chi connectivity index (χ3v) is 5.70. The van der Waals surface area contributed by atoms with Crippen LogP contribution in [-0.4, -0.2) is 17.3 Å². The zero-order chi connectivity index (χ0) is 13.3. The first-order valence-corrected chi connectivity index (χ1v) is 8.35. The van der Waals surface area contributed by atoms with Gasteiger partial charge in [-0.3, -0.25) is 0 Å². The molecule has 2 nitrogen and oxygen atoms in total. The second-order valence-corrected chi connectivity index (χ2v) is 7.12. The van der Waals surface area contributed by atoms with Gasteiger partial charge in [-0.05, 0) is 65.8 Å². The lowest BCUT2D eigenvalue weighted by atomic mass is 9.80. The summed E-state index contributed by atoms with van der Waals surface area (Å²) in [5, 5.41) is 10.7. The molecule has 0 amide bonds. The molecule has 2 fully saturated rings. The van der Waals surface area contributed by atoms with Crippen molar-refractivity contribution in [3.63, 3.8) is 0 Å². The highest BCUT2D eigenvalue weighted by molar-refractivity contribution is 14.1. The molecule has 2 atom stereocenters. The van der Waals surface area contributed by atoms with E-state index >= 15 is 0 Å². The van der Waals surface area contributed by atoms with E-state index in [4.69, 9.17) is 4.74 Å². The fourth-order valence-corrected chi connectivity index (χ4v) is 4.38. The summed E-state index contributed by atoms with van der Waals surface area (Å²) in [6.07, 6.45) is 6.60. The van der Waals surface area contributed by atoms with Gasteiger partial charge in [0.2, 0.25) is 0 Å². The molecule has 3 heteroatoms.